The lowest BCUT2D eigenvalue weighted by Crippen LogP contribution is -2.43. The van der Waals surface area contributed by atoms with Gasteiger partial charge < -0.3 is 19.2 Å². The zero-order valence-corrected chi connectivity index (χ0v) is 22.0. The Bertz CT molecular complexity index is 1650. The molecule has 194 valence electrons. The summed E-state index contributed by atoms with van der Waals surface area (Å²) in [7, 11) is 0. The summed E-state index contributed by atoms with van der Waals surface area (Å²) in [5.41, 5.74) is 1.72. The molecule has 0 bridgehead atoms. The summed E-state index contributed by atoms with van der Waals surface area (Å²) in [5, 5.41) is 13.9. The molecule has 38 heavy (non-hydrogen) atoms. The highest BCUT2D eigenvalue weighted by Gasteiger charge is 2.37. The van der Waals surface area contributed by atoms with Crippen molar-refractivity contribution >= 4 is 33.9 Å². The number of furan rings is 1. The van der Waals surface area contributed by atoms with Crippen molar-refractivity contribution < 1.29 is 4.42 Å². The first-order chi connectivity index (χ1) is 18.4. The second-order valence-electron chi connectivity index (χ2n) is 9.84. The van der Waals surface area contributed by atoms with Crippen LogP contribution in [0.15, 0.2) is 68.6 Å². The number of hydrogen-bond donors (Lipinski definition) is 1. The van der Waals surface area contributed by atoms with Crippen molar-refractivity contribution in [3.05, 3.63) is 103 Å². The van der Waals surface area contributed by atoms with E-state index in [4.69, 9.17) is 16.0 Å². The highest BCUT2D eigenvalue weighted by Crippen LogP contribution is 2.39. The maximum absolute atomic E-state index is 12.9. The fourth-order valence-corrected chi connectivity index (χ4v) is 5.55. The van der Waals surface area contributed by atoms with E-state index in [1.54, 1.807) is 0 Å². The fourth-order valence-electron chi connectivity index (χ4n) is 5.42. The van der Waals surface area contributed by atoms with Crippen molar-refractivity contribution in [1.29, 1.82) is 0 Å². The van der Waals surface area contributed by atoms with Crippen LogP contribution in [0.25, 0.3) is 11.0 Å². The number of nitrogens with one attached hydrogen (secondary N) is 1. The molecule has 3 heterocycles. The van der Waals surface area contributed by atoms with Gasteiger partial charge in [-0.15, -0.1) is 10.2 Å². The van der Waals surface area contributed by atoms with Crippen LogP contribution in [0.2, 0.25) is 5.02 Å². The molecule has 2 aromatic heterocycles. The lowest BCUT2D eigenvalue weighted by Gasteiger charge is -2.30. The fraction of sp³-hybridized carbons (Fsp3) is 0.310. The van der Waals surface area contributed by atoms with Crippen LogP contribution in [0.3, 0.4) is 0 Å². The van der Waals surface area contributed by atoms with Gasteiger partial charge in [0.05, 0.1) is 18.6 Å². The summed E-state index contributed by atoms with van der Waals surface area (Å²) >= 11 is 6.07. The molecule has 2 atom stereocenters. The second-order valence-corrected chi connectivity index (χ2v) is 10.3. The number of nitrogens with zero attached hydrogens (tertiary/aromatic N) is 4. The third-order valence-electron chi connectivity index (χ3n) is 7.46. The van der Waals surface area contributed by atoms with Crippen LogP contribution >= 0.6 is 11.6 Å². The van der Waals surface area contributed by atoms with Crippen molar-refractivity contribution in [2.75, 3.05) is 16.8 Å². The molecule has 6 rings (SSSR count). The Kier molecular flexibility index (Phi) is 6.27. The molecule has 1 aliphatic heterocycles. The largest absolute Gasteiger partial charge is 0.459 e. The van der Waals surface area contributed by atoms with Crippen molar-refractivity contribution in [3.8, 4) is 0 Å². The van der Waals surface area contributed by atoms with Crippen LogP contribution in [-0.2, 0) is 6.54 Å². The standard InChI is InChI=1S/C29H28ClN5O3/c1-3-21(24-15-19-7-4-5-9-23(19)38-24)31-25-26(28(37)27(25)36)34-14-6-8-22(34)29-33-32-17(2)35(29)16-18-10-12-20(30)13-11-18/h4-5,7,9-13,15,21-22,31H,3,6,8,14,16H2,1-2H3/t21-,22+/m0/s1. The average Bonchev–Trinajstić information content (AvgIpc) is 3.66. The number of anilines is 2. The number of rotatable bonds is 8. The van der Waals surface area contributed by atoms with E-state index in [0.29, 0.717) is 35.9 Å². The second kappa shape index (κ2) is 9.76. The number of halogens is 1. The molecule has 3 aromatic carbocycles. The predicted molar refractivity (Wildman–Crippen MR) is 149 cm³/mol. The summed E-state index contributed by atoms with van der Waals surface area (Å²) in [6.07, 6.45) is 2.39. The highest BCUT2D eigenvalue weighted by atomic mass is 35.5. The summed E-state index contributed by atoms with van der Waals surface area (Å²) in [4.78, 5) is 27.8. The highest BCUT2D eigenvalue weighted by molar-refractivity contribution is 6.30. The number of para-hydroxylation sites is 1. The van der Waals surface area contributed by atoms with Crippen LogP contribution in [0.4, 0.5) is 11.4 Å². The van der Waals surface area contributed by atoms with E-state index in [0.717, 1.165) is 46.8 Å². The van der Waals surface area contributed by atoms with Crippen LogP contribution in [-0.4, -0.2) is 21.3 Å². The smallest absolute Gasteiger partial charge is 0.253 e. The first-order valence-corrected chi connectivity index (χ1v) is 13.3. The SMILES string of the molecule is CC[C@H](Nc1c(N2CCC[C@@H]2c2nnc(C)n2Cc2ccc(Cl)cc2)c(=O)c1=O)c1cc2ccccc2o1. The van der Waals surface area contributed by atoms with Crippen molar-refractivity contribution in [1.82, 2.24) is 14.8 Å². The lowest BCUT2D eigenvalue weighted by molar-refractivity contribution is 0.504. The first kappa shape index (κ1) is 24.4. The van der Waals surface area contributed by atoms with Gasteiger partial charge in [0, 0.05) is 17.0 Å². The number of aryl methyl sites for hydroxylation is 1. The normalized spacial score (nSPS) is 16.5. The molecular weight excluding hydrogens is 502 g/mol. The average molecular weight is 530 g/mol. The van der Waals surface area contributed by atoms with Gasteiger partial charge in [0.1, 0.15) is 28.5 Å². The number of benzene rings is 2. The molecule has 5 aromatic rings. The molecule has 0 aliphatic carbocycles. The van der Waals surface area contributed by atoms with E-state index in [1.807, 2.05) is 73.3 Å². The van der Waals surface area contributed by atoms with Gasteiger partial charge in [-0.25, -0.2) is 0 Å². The van der Waals surface area contributed by atoms with Gasteiger partial charge in [-0.2, -0.15) is 0 Å². The van der Waals surface area contributed by atoms with E-state index in [-0.39, 0.29) is 12.1 Å². The molecule has 1 saturated heterocycles. The van der Waals surface area contributed by atoms with Crippen LogP contribution in [0.1, 0.15) is 61.2 Å². The Hall–Kier alpha value is -3.91. The number of fused-ring (bicyclic) bond motifs is 1. The minimum absolute atomic E-state index is 0.154. The molecule has 1 fully saturated rings. The molecule has 0 amide bonds. The van der Waals surface area contributed by atoms with Crippen molar-refractivity contribution in [3.63, 3.8) is 0 Å². The molecule has 0 spiro atoms. The first-order valence-electron chi connectivity index (χ1n) is 12.9. The van der Waals surface area contributed by atoms with Gasteiger partial charge in [-0.3, -0.25) is 9.59 Å². The molecule has 9 heteroatoms. The van der Waals surface area contributed by atoms with Crippen LogP contribution < -0.4 is 21.1 Å². The van der Waals surface area contributed by atoms with E-state index in [1.165, 1.54) is 0 Å². The van der Waals surface area contributed by atoms with Crippen LogP contribution in [0, 0.1) is 6.92 Å². The Balaban J connectivity index is 1.30. The summed E-state index contributed by atoms with van der Waals surface area (Å²) < 4.78 is 8.14. The van der Waals surface area contributed by atoms with Gasteiger partial charge in [-0.05, 0) is 56.0 Å². The Morgan fingerprint density at radius 3 is 2.66 bits per heavy atom. The Morgan fingerprint density at radius 1 is 1.11 bits per heavy atom. The lowest BCUT2D eigenvalue weighted by atomic mass is 10.1. The minimum atomic E-state index is -0.487. The Morgan fingerprint density at radius 2 is 1.89 bits per heavy atom. The molecule has 0 saturated carbocycles. The topological polar surface area (TPSA) is 93.3 Å². The summed E-state index contributed by atoms with van der Waals surface area (Å²) in [6, 6.07) is 17.1. The van der Waals surface area contributed by atoms with Gasteiger partial charge in [0.15, 0.2) is 5.82 Å². The Labute approximate surface area is 224 Å². The van der Waals surface area contributed by atoms with Gasteiger partial charge in [-0.1, -0.05) is 48.9 Å². The molecule has 0 unspecified atom stereocenters. The quantitative estimate of drug-likeness (QED) is 0.264. The van der Waals surface area contributed by atoms with Gasteiger partial charge in [0.2, 0.25) is 0 Å². The van der Waals surface area contributed by atoms with E-state index < -0.39 is 10.9 Å². The third kappa shape index (κ3) is 4.19. The maximum atomic E-state index is 12.9. The molecular formula is C29H28ClN5O3. The summed E-state index contributed by atoms with van der Waals surface area (Å²) in [6.45, 7) is 5.21. The molecule has 0 radical (unpaired) electrons. The zero-order chi connectivity index (χ0) is 26.4. The monoisotopic (exact) mass is 529 g/mol. The van der Waals surface area contributed by atoms with Gasteiger partial charge >= 0.3 is 0 Å². The summed E-state index contributed by atoms with van der Waals surface area (Å²) in [5.74, 6) is 2.32. The van der Waals surface area contributed by atoms with Crippen LogP contribution in [0.5, 0.6) is 0 Å². The van der Waals surface area contributed by atoms with Crippen molar-refractivity contribution in [2.24, 2.45) is 0 Å². The predicted octanol–water partition coefficient (Wildman–Crippen LogP) is 5.54. The number of hydrogen-bond acceptors (Lipinski definition) is 7. The van der Waals surface area contributed by atoms with E-state index in [2.05, 4.69) is 20.1 Å². The minimum Gasteiger partial charge on any atom is -0.459 e. The molecule has 8 nitrogen and oxygen atoms in total. The third-order valence-corrected chi connectivity index (χ3v) is 7.71. The van der Waals surface area contributed by atoms with E-state index >= 15 is 0 Å². The van der Waals surface area contributed by atoms with Gasteiger partial charge in [0.25, 0.3) is 10.9 Å². The number of aromatic nitrogens is 3. The molecule has 1 aliphatic rings. The molecule has 1 N–H and O–H groups in total. The zero-order valence-electron chi connectivity index (χ0n) is 21.3. The maximum Gasteiger partial charge on any atom is 0.253 e. The van der Waals surface area contributed by atoms with Crippen molar-refractivity contribution in [2.45, 2.75) is 51.7 Å². The van der Waals surface area contributed by atoms with E-state index in [9.17, 15) is 9.59 Å².